The number of nitrogens with zero attached hydrogens (tertiary/aromatic N) is 6. The van der Waals surface area contributed by atoms with Gasteiger partial charge in [-0.1, -0.05) is 19.1 Å². The molecule has 32 heavy (non-hydrogen) atoms. The molecule has 1 saturated heterocycles. The molecule has 0 bridgehead atoms. The first-order valence-electron chi connectivity index (χ1n) is 10.7. The molecule has 4 rings (SSSR count). The summed E-state index contributed by atoms with van der Waals surface area (Å²) in [6, 6.07) is 12.3. The second-order valence-electron chi connectivity index (χ2n) is 8.12. The Balaban J connectivity index is 1.46. The first kappa shape index (κ1) is 21.5. The third-order valence-electron chi connectivity index (χ3n) is 5.98. The van der Waals surface area contributed by atoms with Gasteiger partial charge in [-0.05, 0) is 55.3 Å². The van der Waals surface area contributed by atoms with Crippen LogP contribution in [0.3, 0.4) is 0 Å². The molecule has 1 aliphatic rings. The molecule has 1 atom stereocenters. The molecule has 3 heterocycles. The van der Waals surface area contributed by atoms with E-state index in [-0.39, 0.29) is 11.8 Å². The molecule has 3 aromatic rings. The van der Waals surface area contributed by atoms with Crippen molar-refractivity contribution in [2.75, 3.05) is 33.2 Å². The van der Waals surface area contributed by atoms with E-state index in [2.05, 4.69) is 28.0 Å². The number of hydrogen-bond acceptors (Lipinski definition) is 6. The van der Waals surface area contributed by atoms with Crippen molar-refractivity contribution in [3.05, 3.63) is 59.9 Å². The van der Waals surface area contributed by atoms with E-state index in [0.29, 0.717) is 28.4 Å². The van der Waals surface area contributed by atoms with E-state index in [9.17, 15) is 9.90 Å². The zero-order chi connectivity index (χ0) is 22.7. The van der Waals surface area contributed by atoms with E-state index < -0.39 is 0 Å². The van der Waals surface area contributed by atoms with Crippen molar-refractivity contribution in [1.82, 2.24) is 24.6 Å². The van der Waals surface area contributed by atoms with Crippen LogP contribution in [0.5, 0.6) is 5.88 Å². The fraction of sp³-hybridized carbons (Fsp3) is 0.333. The number of hydrogen-bond donors (Lipinski definition) is 1. The number of pyridine rings is 1. The number of amides is 1. The standard InChI is InChI=1S/C24H26N6O2/c1-3-29-11-10-18(16-29)15-28(2)23(31)20-8-9-22(26-13-20)30-24(32)21(14-27-30)19-6-4-17(12-25)5-7-19/h4-9,13-14,18,32H,3,10-11,15-16H2,1-2H3. The van der Waals surface area contributed by atoms with Crippen LogP contribution in [-0.2, 0) is 0 Å². The van der Waals surface area contributed by atoms with Gasteiger partial charge in [-0.15, -0.1) is 0 Å². The topological polar surface area (TPSA) is 98.3 Å². The van der Waals surface area contributed by atoms with Crippen molar-refractivity contribution in [2.45, 2.75) is 13.3 Å². The smallest absolute Gasteiger partial charge is 0.255 e. The third kappa shape index (κ3) is 4.34. The average Bonchev–Trinajstić information content (AvgIpc) is 3.45. The Morgan fingerprint density at radius 1 is 1.25 bits per heavy atom. The summed E-state index contributed by atoms with van der Waals surface area (Å²) in [6.07, 6.45) is 4.18. The van der Waals surface area contributed by atoms with Crippen LogP contribution in [0.2, 0.25) is 0 Å². The summed E-state index contributed by atoms with van der Waals surface area (Å²) in [7, 11) is 1.83. The average molecular weight is 431 g/mol. The van der Waals surface area contributed by atoms with E-state index in [0.717, 1.165) is 38.2 Å². The Kier molecular flexibility index (Phi) is 6.19. The second kappa shape index (κ2) is 9.20. The Hall–Kier alpha value is -3.70. The highest BCUT2D eigenvalue weighted by Crippen LogP contribution is 2.30. The van der Waals surface area contributed by atoms with Gasteiger partial charge in [-0.3, -0.25) is 4.79 Å². The Morgan fingerprint density at radius 2 is 2.03 bits per heavy atom. The Morgan fingerprint density at radius 3 is 2.66 bits per heavy atom. The second-order valence-corrected chi connectivity index (χ2v) is 8.12. The van der Waals surface area contributed by atoms with Crippen LogP contribution in [0, 0.1) is 17.2 Å². The van der Waals surface area contributed by atoms with Crippen LogP contribution in [0.15, 0.2) is 48.8 Å². The summed E-state index contributed by atoms with van der Waals surface area (Å²) in [5.41, 5.74) is 2.33. The highest BCUT2D eigenvalue weighted by molar-refractivity contribution is 5.93. The van der Waals surface area contributed by atoms with Crippen LogP contribution >= 0.6 is 0 Å². The molecule has 1 aliphatic heterocycles. The zero-order valence-electron chi connectivity index (χ0n) is 18.3. The van der Waals surface area contributed by atoms with Gasteiger partial charge in [0, 0.05) is 26.3 Å². The van der Waals surface area contributed by atoms with Crippen molar-refractivity contribution in [3.63, 3.8) is 0 Å². The normalized spacial score (nSPS) is 16.1. The number of carbonyl (C=O) groups excluding carboxylic acids is 1. The summed E-state index contributed by atoms with van der Waals surface area (Å²) < 4.78 is 1.32. The fourth-order valence-electron chi connectivity index (χ4n) is 4.12. The van der Waals surface area contributed by atoms with E-state index in [4.69, 9.17) is 5.26 Å². The minimum Gasteiger partial charge on any atom is -0.493 e. The molecule has 0 spiro atoms. The van der Waals surface area contributed by atoms with Gasteiger partial charge < -0.3 is 14.9 Å². The molecular weight excluding hydrogens is 404 g/mol. The summed E-state index contributed by atoms with van der Waals surface area (Å²) >= 11 is 0. The van der Waals surface area contributed by atoms with Gasteiger partial charge >= 0.3 is 0 Å². The van der Waals surface area contributed by atoms with Gasteiger partial charge in [-0.2, -0.15) is 15.0 Å². The highest BCUT2D eigenvalue weighted by atomic mass is 16.3. The van der Waals surface area contributed by atoms with Crippen LogP contribution in [0.4, 0.5) is 0 Å². The number of benzene rings is 1. The first-order valence-corrected chi connectivity index (χ1v) is 10.7. The molecule has 1 fully saturated rings. The number of rotatable bonds is 6. The number of carbonyl (C=O) groups is 1. The van der Waals surface area contributed by atoms with E-state index in [1.54, 1.807) is 47.5 Å². The predicted octanol–water partition coefficient (Wildman–Crippen LogP) is 2.93. The first-order chi connectivity index (χ1) is 15.5. The lowest BCUT2D eigenvalue weighted by Gasteiger charge is -2.21. The fourth-order valence-corrected chi connectivity index (χ4v) is 4.12. The molecule has 8 nitrogen and oxygen atoms in total. The van der Waals surface area contributed by atoms with Crippen molar-refractivity contribution in [1.29, 1.82) is 5.26 Å². The number of nitriles is 1. The molecule has 2 aromatic heterocycles. The summed E-state index contributed by atoms with van der Waals surface area (Å²) in [5.74, 6) is 0.788. The monoisotopic (exact) mass is 430 g/mol. The molecule has 1 aromatic carbocycles. The molecule has 0 aliphatic carbocycles. The largest absolute Gasteiger partial charge is 0.493 e. The lowest BCUT2D eigenvalue weighted by atomic mass is 10.1. The van der Waals surface area contributed by atoms with Crippen molar-refractivity contribution in [2.24, 2.45) is 5.92 Å². The molecule has 0 radical (unpaired) electrons. The van der Waals surface area contributed by atoms with Gasteiger partial charge in [-0.25, -0.2) is 4.98 Å². The number of aromatic nitrogens is 3. The lowest BCUT2D eigenvalue weighted by Crippen LogP contribution is -2.33. The van der Waals surface area contributed by atoms with Crippen LogP contribution in [0.25, 0.3) is 16.9 Å². The van der Waals surface area contributed by atoms with E-state index >= 15 is 0 Å². The van der Waals surface area contributed by atoms with Crippen molar-refractivity contribution in [3.8, 4) is 28.9 Å². The molecular formula is C24H26N6O2. The Bertz CT molecular complexity index is 1130. The van der Waals surface area contributed by atoms with Gasteiger partial charge in [0.2, 0.25) is 5.88 Å². The van der Waals surface area contributed by atoms with Gasteiger partial charge in [0.15, 0.2) is 5.82 Å². The van der Waals surface area contributed by atoms with E-state index in [1.807, 2.05) is 7.05 Å². The lowest BCUT2D eigenvalue weighted by molar-refractivity contribution is 0.0773. The molecule has 1 amide bonds. The van der Waals surface area contributed by atoms with Crippen LogP contribution in [0.1, 0.15) is 29.3 Å². The number of aromatic hydroxyl groups is 1. The zero-order valence-corrected chi connectivity index (χ0v) is 18.3. The summed E-state index contributed by atoms with van der Waals surface area (Å²) in [6.45, 7) is 6.07. The van der Waals surface area contributed by atoms with Gasteiger partial charge in [0.1, 0.15) is 0 Å². The summed E-state index contributed by atoms with van der Waals surface area (Å²) in [5, 5.41) is 23.8. The summed E-state index contributed by atoms with van der Waals surface area (Å²) in [4.78, 5) is 21.3. The third-order valence-corrected chi connectivity index (χ3v) is 5.98. The molecule has 0 saturated carbocycles. The van der Waals surface area contributed by atoms with Gasteiger partial charge in [0.05, 0.1) is 29.0 Å². The molecule has 1 unspecified atom stereocenters. The van der Waals surface area contributed by atoms with E-state index in [1.165, 1.54) is 10.9 Å². The maximum atomic E-state index is 12.8. The van der Waals surface area contributed by atoms with Gasteiger partial charge in [0.25, 0.3) is 5.91 Å². The predicted molar refractivity (Wildman–Crippen MR) is 120 cm³/mol. The highest BCUT2D eigenvalue weighted by Gasteiger charge is 2.24. The SMILES string of the molecule is CCN1CCC(CN(C)C(=O)c2ccc(-n3ncc(-c4ccc(C#N)cc4)c3O)nc2)C1. The molecule has 164 valence electrons. The van der Waals surface area contributed by atoms with Crippen LogP contribution < -0.4 is 0 Å². The van der Waals surface area contributed by atoms with Crippen molar-refractivity contribution < 1.29 is 9.90 Å². The minimum absolute atomic E-state index is 0.0555. The maximum Gasteiger partial charge on any atom is 0.255 e. The van der Waals surface area contributed by atoms with Crippen LogP contribution in [-0.4, -0.2) is 68.8 Å². The Labute approximate surface area is 187 Å². The minimum atomic E-state index is -0.0676. The quantitative estimate of drug-likeness (QED) is 0.646. The molecule has 1 N–H and O–H groups in total. The number of likely N-dealkylation sites (tertiary alicyclic amines) is 1. The van der Waals surface area contributed by atoms with Crippen molar-refractivity contribution >= 4 is 5.91 Å². The maximum absolute atomic E-state index is 12.8. The molecule has 8 heteroatoms.